The Balaban J connectivity index is 2.37. The molecule has 0 radical (unpaired) electrons. The second-order valence-electron chi connectivity index (χ2n) is 3.88. The third-order valence-corrected chi connectivity index (χ3v) is 4.43. The van der Waals surface area contributed by atoms with Gasteiger partial charge in [0.2, 0.25) is 10.0 Å². The fourth-order valence-electron chi connectivity index (χ4n) is 1.63. The molecule has 0 aromatic heterocycles. The van der Waals surface area contributed by atoms with Crippen LogP contribution in [-0.4, -0.2) is 49.8 Å². The molecule has 0 aliphatic heterocycles. The first-order chi connectivity index (χ1) is 6.45. The molecule has 5 nitrogen and oxygen atoms in total. The predicted molar refractivity (Wildman–Crippen MR) is 54.2 cm³/mol. The SMILES string of the molecule is CN(CC1CC(O)C1)S(=O)(=O)CCN. The Hall–Kier alpha value is -0.170. The van der Waals surface area contributed by atoms with Gasteiger partial charge in [-0.3, -0.25) is 0 Å². The zero-order valence-electron chi connectivity index (χ0n) is 8.39. The molecular weight excluding hydrogens is 204 g/mol. The average molecular weight is 222 g/mol. The minimum atomic E-state index is -3.17. The van der Waals surface area contributed by atoms with E-state index in [0.29, 0.717) is 25.3 Å². The standard InChI is InChI=1S/C8H18N2O3S/c1-10(14(12,13)3-2-9)6-7-4-8(11)5-7/h7-8,11H,2-6,9H2,1H3. The third kappa shape index (κ3) is 2.91. The number of sulfonamides is 1. The zero-order valence-corrected chi connectivity index (χ0v) is 9.20. The largest absolute Gasteiger partial charge is 0.393 e. The van der Waals surface area contributed by atoms with Crippen molar-refractivity contribution >= 4 is 10.0 Å². The van der Waals surface area contributed by atoms with Crippen molar-refractivity contribution in [1.29, 1.82) is 0 Å². The van der Waals surface area contributed by atoms with E-state index in [1.165, 1.54) is 4.31 Å². The Morgan fingerprint density at radius 1 is 1.50 bits per heavy atom. The van der Waals surface area contributed by atoms with E-state index in [0.717, 1.165) is 0 Å². The third-order valence-electron chi connectivity index (χ3n) is 2.58. The van der Waals surface area contributed by atoms with E-state index < -0.39 is 10.0 Å². The number of aliphatic hydroxyl groups is 1. The molecule has 0 unspecified atom stereocenters. The van der Waals surface area contributed by atoms with Crippen LogP contribution in [0, 0.1) is 5.92 Å². The maximum atomic E-state index is 11.5. The van der Waals surface area contributed by atoms with Crippen LogP contribution in [-0.2, 0) is 10.0 Å². The van der Waals surface area contributed by atoms with Crippen molar-refractivity contribution in [2.75, 3.05) is 25.9 Å². The van der Waals surface area contributed by atoms with Crippen LogP contribution in [0.4, 0.5) is 0 Å². The summed E-state index contributed by atoms with van der Waals surface area (Å²) in [7, 11) is -1.61. The van der Waals surface area contributed by atoms with Crippen LogP contribution >= 0.6 is 0 Å². The number of hydrogen-bond donors (Lipinski definition) is 2. The summed E-state index contributed by atoms with van der Waals surface area (Å²) in [5, 5.41) is 9.05. The van der Waals surface area contributed by atoms with Crippen molar-refractivity contribution < 1.29 is 13.5 Å². The summed E-state index contributed by atoms with van der Waals surface area (Å²) in [6.45, 7) is 0.652. The van der Waals surface area contributed by atoms with Crippen molar-refractivity contribution in [2.24, 2.45) is 11.7 Å². The molecule has 1 fully saturated rings. The summed E-state index contributed by atoms with van der Waals surface area (Å²) in [5.74, 6) is 0.307. The molecule has 0 heterocycles. The van der Waals surface area contributed by atoms with E-state index >= 15 is 0 Å². The Labute approximate surface area is 84.9 Å². The van der Waals surface area contributed by atoms with Crippen LogP contribution in [0.2, 0.25) is 0 Å². The van der Waals surface area contributed by atoms with E-state index in [1.807, 2.05) is 0 Å². The molecule has 0 saturated heterocycles. The summed E-state index contributed by atoms with van der Waals surface area (Å²) >= 11 is 0. The highest BCUT2D eigenvalue weighted by molar-refractivity contribution is 7.89. The minimum absolute atomic E-state index is 0.00122. The lowest BCUT2D eigenvalue weighted by Gasteiger charge is -2.34. The molecule has 3 N–H and O–H groups in total. The molecule has 0 aromatic carbocycles. The normalized spacial score (nSPS) is 27.7. The van der Waals surface area contributed by atoms with E-state index in [9.17, 15) is 8.42 Å². The summed E-state index contributed by atoms with van der Waals surface area (Å²) in [4.78, 5) is 0. The Bertz CT molecular complexity index is 272. The number of nitrogens with zero attached hydrogens (tertiary/aromatic N) is 1. The van der Waals surface area contributed by atoms with Gasteiger partial charge in [-0.1, -0.05) is 0 Å². The first kappa shape index (κ1) is 11.9. The molecule has 0 spiro atoms. The fourth-order valence-corrected chi connectivity index (χ4v) is 2.68. The van der Waals surface area contributed by atoms with Crippen LogP contribution in [0.1, 0.15) is 12.8 Å². The molecule has 0 bridgehead atoms. The van der Waals surface area contributed by atoms with Crippen LogP contribution in [0.5, 0.6) is 0 Å². The van der Waals surface area contributed by atoms with E-state index in [-0.39, 0.29) is 18.4 Å². The topological polar surface area (TPSA) is 83.6 Å². The highest BCUT2D eigenvalue weighted by Gasteiger charge is 2.30. The first-order valence-electron chi connectivity index (χ1n) is 4.78. The average Bonchev–Trinajstić information content (AvgIpc) is 2.01. The van der Waals surface area contributed by atoms with Gasteiger partial charge in [0, 0.05) is 20.1 Å². The smallest absolute Gasteiger partial charge is 0.215 e. The van der Waals surface area contributed by atoms with E-state index in [1.54, 1.807) is 7.05 Å². The molecular formula is C8H18N2O3S. The summed E-state index contributed by atoms with van der Waals surface area (Å²) < 4.78 is 24.3. The zero-order chi connectivity index (χ0) is 10.8. The second kappa shape index (κ2) is 4.57. The van der Waals surface area contributed by atoms with E-state index in [4.69, 9.17) is 10.8 Å². The molecule has 1 saturated carbocycles. The Morgan fingerprint density at radius 2 is 2.07 bits per heavy atom. The number of rotatable bonds is 5. The molecule has 6 heteroatoms. The van der Waals surface area contributed by atoms with Crippen molar-refractivity contribution in [2.45, 2.75) is 18.9 Å². The second-order valence-corrected chi connectivity index (χ2v) is 6.07. The quantitative estimate of drug-likeness (QED) is 0.623. The Morgan fingerprint density at radius 3 is 2.50 bits per heavy atom. The summed E-state index contributed by atoms with van der Waals surface area (Å²) in [6.07, 6.45) is 1.19. The molecule has 84 valence electrons. The van der Waals surface area contributed by atoms with Gasteiger partial charge in [-0.2, -0.15) is 0 Å². The highest BCUT2D eigenvalue weighted by atomic mass is 32.2. The monoisotopic (exact) mass is 222 g/mol. The van der Waals surface area contributed by atoms with Gasteiger partial charge in [0.1, 0.15) is 0 Å². The molecule has 1 rings (SSSR count). The van der Waals surface area contributed by atoms with Crippen LogP contribution in [0.3, 0.4) is 0 Å². The number of hydrogen-bond acceptors (Lipinski definition) is 4. The minimum Gasteiger partial charge on any atom is -0.393 e. The highest BCUT2D eigenvalue weighted by Crippen LogP contribution is 2.28. The molecule has 14 heavy (non-hydrogen) atoms. The number of aliphatic hydroxyl groups excluding tert-OH is 1. The van der Waals surface area contributed by atoms with Gasteiger partial charge in [0.15, 0.2) is 0 Å². The van der Waals surface area contributed by atoms with Gasteiger partial charge in [-0.15, -0.1) is 0 Å². The van der Waals surface area contributed by atoms with Gasteiger partial charge in [-0.25, -0.2) is 12.7 Å². The Kier molecular flexibility index (Phi) is 3.88. The van der Waals surface area contributed by atoms with Gasteiger partial charge >= 0.3 is 0 Å². The lowest BCUT2D eigenvalue weighted by molar-refractivity contribution is 0.0367. The van der Waals surface area contributed by atoms with Gasteiger partial charge in [-0.05, 0) is 18.8 Å². The van der Waals surface area contributed by atoms with Crippen LogP contribution < -0.4 is 5.73 Å². The molecule has 0 atom stereocenters. The first-order valence-corrected chi connectivity index (χ1v) is 6.38. The molecule has 0 amide bonds. The summed E-state index contributed by atoms with van der Waals surface area (Å²) in [5.41, 5.74) is 5.21. The molecule has 0 aromatic rings. The van der Waals surface area contributed by atoms with Gasteiger partial charge in [0.05, 0.1) is 11.9 Å². The van der Waals surface area contributed by atoms with Crippen molar-refractivity contribution in [3.05, 3.63) is 0 Å². The van der Waals surface area contributed by atoms with Gasteiger partial charge < -0.3 is 10.8 Å². The van der Waals surface area contributed by atoms with E-state index in [2.05, 4.69) is 0 Å². The lowest BCUT2D eigenvalue weighted by atomic mass is 9.82. The fraction of sp³-hybridized carbons (Fsp3) is 1.00. The van der Waals surface area contributed by atoms with Gasteiger partial charge in [0.25, 0.3) is 0 Å². The number of nitrogens with two attached hydrogens (primary N) is 1. The van der Waals surface area contributed by atoms with Crippen molar-refractivity contribution in [3.8, 4) is 0 Å². The van der Waals surface area contributed by atoms with Crippen LogP contribution in [0.25, 0.3) is 0 Å². The maximum Gasteiger partial charge on any atom is 0.215 e. The van der Waals surface area contributed by atoms with Crippen molar-refractivity contribution in [3.63, 3.8) is 0 Å². The summed E-state index contributed by atoms with van der Waals surface area (Å²) in [6, 6.07) is 0. The maximum absolute atomic E-state index is 11.5. The molecule has 1 aliphatic carbocycles. The predicted octanol–water partition coefficient (Wildman–Crippen LogP) is -1.02. The van der Waals surface area contributed by atoms with Crippen molar-refractivity contribution in [1.82, 2.24) is 4.31 Å². The lowest BCUT2D eigenvalue weighted by Crippen LogP contribution is -2.41. The van der Waals surface area contributed by atoms with Crippen LogP contribution in [0.15, 0.2) is 0 Å². The molecule has 1 aliphatic rings.